The second-order valence-corrected chi connectivity index (χ2v) is 10.8. The minimum absolute atomic E-state index is 0.186. The van der Waals surface area contributed by atoms with Gasteiger partial charge in [0.15, 0.2) is 15.5 Å². The first-order valence-corrected chi connectivity index (χ1v) is 13.1. The Kier molecular flexibility index (Phi) is 5.81. The fraction of sp³-hybridized carbons (Fsp3) is 0.565. The highest BCUT2D eigenvalue weighted by Gasteiger charge is 2.39. The van der Waals surface area contributed by atoms with Gasteiger partial charge in [0.25, 0.3) is 5.91 Å². The Morgan fingerprint density at radius 3 is 2.66 bits per heavy atom. The number of hydrogen-bond acceptors (Lipinski definition) is 6. The average Bonchev–Trinajstić information content (AvgIpc) is 3.18. The number of fused-ring (bicyclic) bond motifs is 3. The number of rotatable bonds is 4. The van der Waals surface area contributed by atoms with Crippen molar-refractivity contribution < 1.29 is 17.9 Å². The van der Waals surface area contributed by atoms with Gasteiger partial charge in [0.2, 0.25) is 0 Å². The zero-order valence-electron chi connectivity index (χ0n) is 18.5. The van der Waals surface area contributed by atoms with Crippen molar-refractivity contribution in [3.63, 3.8) is 0 Å². The lowest BCUT2D eigenvalue weighted by atomic mass is 9.94. The number of hydrogen-bond donors (Lipinski definition) is 1. The van der Waals surface area contributed by atoms with Crippen LogP contribution in [0.15, 0.2) is 23.1 Å². The van der Waals surface area contributed by atoms with Crippen molar-refractivity contribution in [3.05, 3.63) is 35.0 Å². The summed E-state index contributed by atoms with van der Waals surface area (Å²) < 4.78 is 34.3. The Balaban J connectivity index is 1.70. The molecule has 8 nitrogen and oxygen atoms in total. The van der Waals surface area contributed by atoms with Gasteiger partial charge in [0.1, 0.15) is 0 Å². The molecule has 0 atom stereocenters. The maximum absolute atomic E-state index is 13.5. The number of amides is 1. The summed E-state index contributed by atoms with van der Waals surface area (Å²) in [6, 6.07) is 5.82. The van der Waals surface area contributed by atoms with E-state index >= 15 is 0 Å². The lowest BCUT2D eigenvalue weighted by molar-refractivity contribution is 0.0297. The van der Waals surface area contributed by atoms with E-state index < -0.39 is 9.84 Å². The zero-order chi connectivity index (χ0) is 22.3. The summed E-state index contributed by atoms with van der Waals surface area (Å²) in [5.41, 5.74) is 3.10. The van der Waals surface area contributed by atoms with Crippen LogP contribution in [0.25, 0.3) is 11.3 Å². The third-order valence-electron chi connectivity index (χ3n) is 6.79. The van der Waals surface area contributed by atoms with Crippen molar-refractivity contribution >= 4 is 15.7 Å². The molecule has 3 heterocycles. The molecule has 1 aromatic carbocycles. The van der Waals surface area contributed by atoms with Crippen molar-refractivity contribution in [1.29, 1.82) is 0 Å². The minimum Gasteiger partial charge on any atom is -0.378 e. The Hall–Kier alpha value is -2.23. The molecular weight excluding hydrogens is 428 g/mol. The molecular formula is C23H30N4O4S. The van der Waals surface area contributed by atoms with E-state index in [1.54, 1.807) is 4.90 Å². The van der Waals surface area contributed by atoms with E-state index in [9.17, 15) is 13.2 Å². The molecule has 3 aliphatic rings. The van der Waals surface area contributed by atoms with E-state index in [0.717, 1.165) is 36.9 Å². The molecule has 0 bridgehead atoms. The Labute approximate surface area is 188 Å². The van der Waals surface area contributed by atoms with Crippen LogP contribution in [0.1, 0.15) is 59.8 Å². The molecule has 1 saturated carbocycles. The number of aromatic nitrogens is 2. The average molecular weight is 459 g/mol. The summed E-state index contributed by atoms with van der Waals surface area (Å²) in [5, 5.41) is 7.92. The zero-order valence-corrected chi connectivity index (χ0v) is 19.3. The first kappa shape index (κ1) is 21.6. The molecule has 2 aromatic rings. The van der Waals surface area contributed by atoms with Gasteiger partial charge in [-0.05, 0) is 25.5 Å². The first-order valence-electron chi connectivity index (χ1n) is 11.5. The van der Waals surface area contributed by atoms with Crippen LogP contribution in [0, 0.1) is 0 Å². The number of nitrogens with zero attached hydrogens (tertiary/aromatic N) is 3. The number of ether oxygens (including phenoxy) is 1. The van der Waals surface area contributed by atoms with E-state index in [4.69, 9.17) is 9.84 Å². The van der Waals surface area contributed by atoms with Gasteiger partial charge in [0.05, 0.1) is 35.6 Å². The number of morpholine rings is 1. The Morgan fingerprint density at radius 1 is 1.19 bits per heavy atom. The van der Waals surface area contributed by atoms with Gasteiger partial charge >= 0.3 is 0 Å². The van der Waals surface area contributed by atoms with Crippen LogP contribution >= 0.6 is 0 Å². The highest BCUT2D eigenvalue weighted by molar-refractivity contribution is 7.91. The van der Waals surface area contributed by atoms with E-state index in [1.165, 1.54) is 6.42 Å². The Morgan fingerprint density at radius 2 is 1.94 bits per heavy atom. The highest BCUT2D eigenvalue weighted by atomic mass is 32.2. The van der Waals surface area contributed by atoms with Crippen LogP contribution in [0.2, 0.25) is 0 Å². The standard InChI is InChI=1S/C23H30N4O4S/c1-24-14-16-6-5-9-18-21-19(15-32(29,30)22(16)18)20(23(28)26-10-12-31-13-11-26)25-27(21)17-7-3-2-4-8-17/h5-6,9,17,24H,2-4,7-8,10-15H2,1H3. The van der Waals surface area contributed by atoms with Gasteiger partial charge in [-0.1, -0.05) is 37.5 Å². The van der Waals surface area contributed by atoms with Crippen LogP contribution in [0.4, 0.5) is 0 Å². The third-order valence-corrected chi connectivity index (χ3v) is 8.57. The molecule has 2 aliphatic heterocycles. The molecule has 1 N–H and O–H groups in total. The third kappa shape index (κ3) is 3.66. The van der Waals surface area contributed by atoms with Gasteiger partial charge in [-0.2, -0.15) is 5.10 Å². The maximum Gasteiger partial charge on any atom is 0.274 e. The summed E-state index contributed by atoms with van der Waals surface area (Å²) in [6.45, 7) is 2.45. The van der Waals surface area contributed by atoms with Crippen molar-refractivity contribution in [3.8, 4) is 11.3 Å². The second-order valence-electron chi connectivity index (χ2n) is 8.90. The van der Waals surface area contributed by atoms with Crippen LogP contribution in [0.3, 0.4) is 0 Å². The van der Waals surface area contributed by atoms with Crippen molar-refractivity contribution in [2.75, 3.05) is 33.4 Å². The molecule has 172 valence electrons. The van der Waals surface area contributed by atoms with Crippen molar-refractivity contribution in [2.24, 2.45) is 0 Å². The van der Waals surface area contributed by atoms with Gasteiger partial charge in [-0.3, -0.25) is 9.48 Å². The molecule has 1 aliphatic carbocycles. The van der Waals surface area contributed by atoms with Crippen LogP contribution < -0.4 is 5.32 Å². The quantitative estimate of drug-likeness (QED) is 0.757. The normalized spacial score (nSPS) is 20.6. The van der Waals surface area contributed by atoms with E-state index in [-0.39, 0.29) is 17.7 Å². The number of benzene rings is 1. The van der Waals surface area contributed by atoms with Gasteiger partial charge in [-0.15, -0.1) is 0 Å². The summed E-state index contributed by atoms with van der Waals surface area (Å²) in [5.74, 6) is -0.377. The number of carbonyl (C=O) groups excluding carboxylic acids is 1. The van der Waals surface area contributed by atoms with Gasteiger partial charge in [-0.25, -0.2) is 8.42 Å². The molecule has 0 radical (unpaired) electrons. The summed E-state index contributed by atoms with van der Waals surface area (Å²) >= 11 is 0. The number of carbonyl (C=O) groups is 1. The summed E-state index contributed by atoms with van der Waals surface area (Å²) in [7, 11) is -1.79. The smallest absolute Gasteiger partial charge is 0.274 e. The van der Waals surface area contributed by atoms with E-state index in [2.05, 4.69) is 5.32 Å². The molecule has 1 amide bonds. The summed E-state index contributed by atoms with van der Waals surface area (Å²) in [6.07, 6.45) is 5.44. The first-order chi connectivity index (χ1) is 15.5. The molecule has 0 unspecified atom stereocenters. The molecule has 1 aromatic heterocycles. The second kappa shape index (κ2) is 8.61. The lowest BCUT2D eigenvalue weighted by Crippen LogP contribution is -2.41. The minimum atomic E-state index is -3.60. The topological polar surface area (TPSA) is 93.5 Å². The van der Waals surface area contributed by atoms with Gasteiger partial charge in [0, 0.05) is 30.8 Å². The molecule has 0 spiro atoms. The monoisotopic (exact) mass is 458 g/mol. The molecule has 9 heteroatoms. The van der Waals surface area contributed by atoms with Crippen LogP contribution in [0.5, 0.6) is 0 Å². The molecule has 5 rings (SSSR count). The largest absolute Gasteiger partial charge is 0.378 e. The van der Waals surface area contributed by atoms with E-state index in [0.29, 0.717) is 54.6 Å². The lowest BCUT2D eigenvalue weighted by Gasteiger charge is -2.27. The maximum atomic E-state index is 13.5. The van der Waals surface area contributed by atoms with Crippen LogP contribution in [-0.2, 0) is 26.9 Å². The predicted octanol–water partition coefficient (Wildman–Crippen LogP) is 2.53. The number of nitrogens with one attached hydrogen (secondary N) is 1. The highest BCUT2D eigenvalue weighted by Crippen LogP contribution is 2.44. The number of sulfone groups is 1. The summed E-state index contributed by atoms with van der Waals surface area (Å²) in [4.78, 5) is 15.6. The fourth-order valence-electron chi connectivity index (χ4n) is 5.30. The van der Waals surface area contributed by atoms with Crippen molar-refractivity contribution in [2.45, 2.75) is 55.3 Å². The van der Waals surface area contributed by atoms with Gasteiger partial charge < -0.3 is 15.0 Å². The SMILES string of the molecule is CNCc1cccc2c1S(=O)(=O)Cc1c(C(=O)N3CCOCC3)nn(C3CCCCC3)c1-2. The molecule has 32 heavy (non-hydrogen) atoms. The molecule has 2 fully saturated rings. The fourth-order valence-corrected chi connectivity index (χ4v) is 7.14. The van der Waals surface area contributed by atoms with Crippen LogP contribution in [-0.4, -0.2) is 62.4 Å². The molecule has 1 saturated heterocycles. The van der Waals surface area contributed by atoms with E-state index in [1.807, 2.05) is 29.9 Å². The van der Waals surface area contributed by atoms with Crippen molar-refractivity contribution in [1.82, 2.24) is 20.0 Å². The Bertz CT molecular complexity index is 1130. The predicted molar refractivity (Wildman–Crippen MR) is 120 cm³/mol.